The highest BCUT2D eigenvalue weighted by Crippen LogP contribution is 2.53. The maximum absolute atomic E-state index is 6.92. The highest BCUT2D eigenvalue weighted by atomic mass is 28.3. The van der Waals surface area contributed by atoms with Crippen LogP contribution in [-0.4, -0.2) is 8.07 Å². The van der Waals surface area contributed by atoms with Gasteiger partial charge in [-0.3, -0.25) is 0 Å². The first-order chi connectivity index (χ1) is 29.3. The Morgan fingerprint density at radius 3 is 1.77 bits per heavy atom. The zero-order valence-electron chi connectivity index (χ0n) is 35.7. The van der Waals surface area contributed by atoms with Crippen LogP contribution in [0.4, 0.5) is 0 Å². The molecule has 1 nitrogen and oxygen atoms in total. The molecule has 0 saturated carbocycles. The van der Waals surface area contributed by atoms with Gasteiger partial charge in [-0.2, -0.15) is 0 Å². The third-order valence-electron chi connectivity index (χ3n) is 14.1. The number of benzene rings is 7. The molecule has 0 amide bonds. The van der Waals surface area contributed by atoms with E-state index in [0.717, 1.165) is 17.8 Å². The smallest absolute Gasteiger partial charge is 0.139 e. The molecular formula is C58H54OSi. The van der Waals surface area contributed by atoms with Gasteiger partial charge >= 0.3 is 0 Å². The quantitative estimate of drug-likeness (QED) is 0.140. The van der Waals surface area contributed by atoms with Crippen molar-refractivity contribution in [3.63, 3.8) is 0 Å². The van der Waals surface area contributed by atoms with Crippen molar-refractivity contribution in [1.82, 2.24) is 0 Å². The number of para-hydroxylation sites is 1. The second-order valence-corrected chi connectivity index (χ2v) is 23.3. The van der Waals surface area contributed by atoms with Crippen LogP contribution in [0, 0.1) is 5.92 Å². The van der Waals surface area contributed by atoms with Gasteiger partial charge in [0, 0.05) is 22.4 Å². The molecule has 0 spiro atoms. The van der Waals surface area contributed by atoms with E-state index in [1.54, 1.807) is 0 Å². The van der Waals surface area contributed by atoms with E-state index in [-0.39, 0.29) is 11.8 Å². The van der Waals surface area contributed by atoms with E-state index in [1.807, 2.05) is 0 Å². The van der Waals surface area contributed by atoms with Crippen molar-refractivity contribution >= 4 is 51.8 Å². The van der Waals surface area contributed by atoms with Gasteiger partial charge in [0.05, 0.1) is 0 Å². The van der Waals surface area contributed by atoms with Crippen LogP contribution in [0.15, 0.2) is 174 Å². The molecule has 0 bridgehead atoms. The Hall–Kier alpha value is -5.96. The number of allylic oxidation sites excluding steroid dienone is 2. The first kappa shape index (κ1) is 38.3. The van der Waals surface area contributed by atoms with Gasteiger partial charge in [-0.25, -0.2) is 0 Å². The summed E-state index contributed by atoms with van der Waals surface area (Å²) in [4.78, 5) is 0. The first-order valence-electron chi connectivity index (χ1n) is 22.1. The summed E-state index contributed by atoms with van der Waals surface area (Å²) in [6.45, 7) is 14.6. The van der Waals surface area contributed by atoms with Crippen molar-refractivity contribution in [1.29, 1.82) is 0 Å². The summed E-state index contributed by atoms with van der Waals surface area (Å²) >= 11 is 0. The summed E-state index contributed by atoms with van der Waals surface area (Å²) in [5, 5.41) is 6.92. The highest BCUT2D eigenvalue weighted by molar-refractivity contribution is 7.04. The normalized spacial score (nSPS) is 17.6. The average Bonchev–Trinajstić information content (AvgIpc) is 3.67. The SMILES string of the molecule is CC1C=Cc2c(c(C3C=C(c4ccc([Si](c5ccccc5)(C(C)C)C(C)C)cc4)c4oc5ccccc5c4C3C)c3ccccc3c2-c2ccc(-c3ccccc3)cc2)C1. The van der Waals surface area contributed by atoms with Crippen LogP contribution in [0.1, 0.15) is 87.0 Å². The molecule has 60 heavy (non-hydrogen) atoms. The minimum Gasteiger partial charge on any atom is -0.456 e. The molecule has 3 atom stereocenters. The minimum absolute atomic E-state index is 0.143. The fourth-order valence-electron chi connectivity index (χ4n) is 11.4. The Balaban J connectivity index is 1.17. The largest absolute Gasteiger partial charge is 0.456 e. The average molecular weight is 795 g/mol. The summed E-state index contributed by atoms with van der Waals surface area (Å²) in [7, 11) is -2.11. The molecule has 8 aromatic rings. The molecule has 1 aromatic heterocycles. The van der Waals surface area contributed by atoms with E-state index < -0.39 is 8.07 Å². The first-order valence-corrected chi connectivity index (χ1v) is 24.2. The highest BCUT2D eigenvalue weighted by Gasteiger charge is 2.43. The van der Waals surface area contributed by atoms with Gasteiger partial charge in [0.1, 0.15) is 19.4 Å². The van der Waals surface area contributed by atoms with E-state index in [1.165, 1.54) is 82.2 Å². The zero-order valence-corrected chi connectivity index (χ0v) is 36.7. The van der Waals surface area contributed by atoms with Gasteiger partial charge in [-0.15, -0.1) is 0 Å². The number of hydrogen-bond donors (Lipinski definition) is 0. The van der Waals surface area contributed by atoms with Gasteiger partial charge in [0.25, 0.3) is 0 Å². The van der Waals surface area contributed by atoms with Crippen molar-refractivity contribution in [2.75, 3.05) is 0 Å². The number of hydrogen-bond acceptors (Lipinski definition) is 1. The lowest BCUT2D eigenvalue weighted by atomic mass is 9.69. The number of furan rings is 1. The Labute approximate surface area is 357 Å². The summed E-state index contributed by atoms with van der Waals surface area (Å²) < 4.78 is 6.92. The molecule has 296 valence electrons. The van der Waals surface area contributed by atoms with E-state index >= 15 is 0 Å². The number of fused-ring (bicyclic) bond motifs is 5. The second-order valence-electron chi connectivity index (χ2n) is 18.1. The summed E-state index contributed by atoms with van der Waals surface area (Å²) in [5.41, 5.74) is 15.2. The van der Waals surface area contributed by atoms with Gasteiger partial charge < -0.3 is 4.42 Å². The molecule has 0 fully saturated rings. The maximum Gasteiger partial charge on any atom is 0.139 e. The monoisotopic (exact) mass is 794 g/mol. The summed E-state index contributed by atoms with van der Waals surface area (Å²) in [6, 6.07) is 58.9. The Morgan fingerprint density at radius 2 is 1.08 bits per heavy atom. The molecule has 2 heteroatoms. The van der Waals surface area contributed by atoms with Crippen molar-refractivity contribution in [2.45, 2.75) is 70.9 Å². The fourth-order valence-corrected chi connectivity index (χ4v) is 17.2. The predicted molar refractivity (Wildman–Crippen MR) is 259 cm³/mol. The van der Waals surface area contributed by atoms with Crippen LogP contribution in [-0.2, 0) is 6.42 Å². The Bertz CT molecular complexity index is 2900. The Morgan fingerprint density at radius 1 is 0.533 bits per heavy atom. The lowest BCUT2D eigenvalue weighted by molar-refractivity contribution is 0.567. The van der Waals surface area contributed by atoms with Crippen LogP contribution in [0.3, 0.4) is 0 Å². The standard InChI is InChI=1S/C58H54OSi/c1-37(2)60(38(3)4,45-19-11-8-12-20-45)46-32-30-43(31-33-46)52-36-51(40(6)55-50-23-15-16-24-54(50)59-58(52)55)57-48-22-14-13-21-47(48)56(49-34-25-39(5)35-53(49)57)44-28-26-42(27-29-44)41-17-9-7-10-18-41/h7-34,36-40,51H,35H2,1-6H3. The molecule has 7 aromatic carbocycles. The van der Waals surface area contributed by atoms with Crippen LogP contribution < -0.4 is 10.4 Å². The Kier molecular flexibility index (Phi) is 9.72. The van der Waals surface area contributed by atoms with Crippen LogP contribution in [0.2, 0.25) is 11.1 Å². The molecule has 1 heterocycles. The van der Waals surface area contributed by atoms with Crippen LogP contribution in [0.5, 0.6) is 0 Å². The van der Waals surface area contributed by atoms with Gasteiger partial charge in [-0.1, -0.05) is 222 Å². The topological polar surface area (TPSA) is 13.1 Å². The molecule has 0 N–H and O–H groups in total. The predicted octanol–water partition coefficient (Wildman–Crippen LogP) is 14.8. The number of rotatable bonds is 8. The summed E-state index contributed by atoms with van der Waals surface area (Å²) in [5.74, 6) is 1.82. The van der Waals surface area contributed by atoms with E-state index in [4.69, 9.17) is 4.42 Å². The van der Waals surface area contributed by atoms with Gasteiger partial charge in [-0.05, 0) is 90.7 Å². The molecule has 2 aliphatic rings. The van der Waals surface area contributed by atoms with Crippen molar-refractivity contribution < 1.29 is 4.42 Å². The van der Waals surface area contributed by atoms with Gasteiger partial charge in [0.15, 0.2) is 0 Å². The molecule has 0 aliphatic heterocycles. The third-order valence-corrected chi connectivity index (χ3v) is 20.3. The fraction of sp³-hybridized carbons (Fsp3) is 0.207. The van der Waals surface area contributed by atoms with Gasteiger partial charge in [0.2, 0.25) is 0 Å². The molecule has 3 unspecified atom stereocenters. The minimum atomic E-state index is -2.11. The molecule has 0 radical (unpaired) electrons. The van der Waals surface area contributed by atoms with E-state index in [9.17, 15) is 0 Å². The van der Waals surface area contributed by atoms with Crippen molar-refractivity contribution in [3.8, 4) is 22.3 Å². The lowest BCUT2D eigenvalue weighted by Gasteiger charge is -2.40. The zero-order chi connectivity index (χ0) is 41.1. The molecule has 10 rings (SSSR count). The lowest BCUT2D eigenvalue weighted by Crippen LogP contribution is -2.62. The summed E-state index contributed by atoms with van der Waals surface area (Å²) in [6.07, 6.45) is 8.45. The molecule has 0 saturated heterocycles. The van der Waals surface area contributed by atoms with Crippen LogP contribution >= 0.6 is 0 Å². The second kappa shape index (κ2) is 15.3. The van der Waals surface area contributed by atoms with Crippen molar-refractivity contribution in [3.05, 3.63) is 203 Å². The third kappa shape index (κ3) is 6.10. The molecule has 2 aliphatic carbocycles. The van der Waals surface area contributed by atoms with Crippen molar-refractivity contribution in [2.24, 2.45) is 5.92 Å². The van der Waals surface area contributed by atoms with E-state index in [2.05, 4.69) is 217 Å². The molecular weight excluding hydrogens is 741 g/mol. The van der Waals surface area contributed by atoms with E-state index in [0.29, 0.717) is 17.0 Å². The maximum atomic E-state index is 6.92. The van der Waals surface area contributed by atoms with Crippen LogP contribution in [0.25, 0.3) is 55.6 Å².